The highest BCUT2D eigenvalue weighted by molar-refractivity contribution is 7.18. The lowest BCUT2D eigenvalue weighted by atomic mass is 10.1. The molecule has 0 radical (unpaired) electrons. The third kappa shape index (κ3) is 3.42. The van der Waals surface area contributed by atoms with Crippen molar-refractivity contribution in [1.82, 2.24) is 14.0 Å². The normalized spacial score (nSPS) is 18.3. The van der Waals surface area contributed by atoms with Gasteiger partial charge in [-0.3, -0.25) is 18.7 Å². The average Bonchev–Trinajstić information content (AvgIpc) is 3.11. The molecule has 3 heterocycles. The number of thiophene rings is 1. The standard InChI is InChI=1S/C16H18F3N3O3S/c1-9-3-5-21(12(9)23)8-10-7-11-13(24)20(2)15(25)22(14(11)26-10)6-4-16(17,18)19/h7,9H,3-6,8H2,1-2H3. The first-order valence-electron chi connectivity index (χ1n) is 8.16. The fraction of sp³-hybridized carbons (Fsp3) is 0.562. The molecule has 1 unspecified atom stereocenters. The van der Waals surface area contributed by atoms with Crippen molar-refractivity contribution in [3.8, 4) is 0 Å². The van der Waals surface area contributed by atoms with Crippen LogP contribution in [0.15, 0.2) is 15.7 Å². The van der Waals surface area contributed by atoms with E-state index in [1.54, 1.807) is 11.0 Å². The van der Waals surface area contributed by atoms with E-state index in [1.165, 1.54) is 7.05 Å². The van der Waals surface area contributed by atoms with Gasteiger partial charge in [0, 0.05) is 30.9 Å². The Labute approximate surface area is 150 Å². The molecule has 0 aromatic carbocycles. The van der Waals surface area contributed by atoms with Gasteiger partial charge in [0.25, 0.3) is 5.56 Å². The number of nitrogens with zero attached hydrogens (tertiary/aromatic N) is 3. The summed E-state index contributed by atoms with van der Waals surface area (Å²) in [6.07, 6.45) is -4.81. The smallest absolute Gasteiger partial charge is 0.337 e. The Kier molecular flexibility index (Phi) is 4.72. The van der Waals surface area contributed by atoms with Crippen LogP contribution in [0, 0.1) is 5.92 Å². The van der Waals surface area contributed by atoms with Crippen molar-refractivity contribution in [2.75, 3.05) is 6.54 Å². The summed E-state index contributed by atoms with van der Waals surface area (Å²) in [6, 6.07) is 1.57. The molecule has 1 amide bonds. The summed E-state index contributed by atoms with van der Waals surface area (Å²) in [4.78, 5) is 39.2. The molecule has 0 N–H and O–H groups in total. The Balaban J connectivity index is 2.02. The highest BCUT2D eigenvalue weighted by Gasteiger charge is 2.30. The number of rotatable bonds is 4. The SMILES string of the molecule is CC1CCN(Cc2cc3c(=O)n(C)c(=O)n(CCC(F)(F)F)c3s2)C1=O. The number of hydrogen-bond acceptors (Lipinski definition) is 4. The zero-order valence-electron chi connectivity index (χ0n) is 14.3. The maximum absolute atomic E-state index is 12.6. The lowest BCUT2D eigenvalue weighted by molar-refractivity contribution is -0.136. The van der Waals surface area contributed by atoms with E-state index in [4.69, 9.17) is 0 Å². The van der Waals surface area contributed by atoms with Crippen LogP contribution >= 0.6 is 11.3 Å². The predicted octanol–water partition coefficient (Wildman–Crippen LogP) is 2.08. The topological polar surface area (TPSA) is 64.3 Å². The van der Waals surface area contributed by atoms with Gasteiger partial charge in [-0.15, -0.1) is 11.3 Å². The van der Waals surface area contributed by atoms with Gasteiger partial charge in [-0.2, -0.15) is 13.2 Å². The zero-order chi connectivity index (χ0) is 19.2. The molecule has 1 aliphatic rings. The Hall–Kier alpha value is -2.10. The van der Waals surface area contributed by atoms with Gasteiger partial charge < -0.3 is 4.90 Å². The van der Waals surface area contributed by atoms with Crippen LogP contribution in [0.3, 0.4) is 0 Å². The van der Waals surface area contributed by atoms with E-state index in [9.17, 15) is 27.6 Å². The highest BCUT2D eigenvalue weighted by atomic mass is 32.1. The molecule has 142 valence electrons. The van der Waals surface area contributed by atoms with Crippen LogP contribution in [0.25, 0.3) is 10.2 Å². The summed E-state index contributed by atoms with van der Waals surface area (Å²) in [5, 5.41) is 0.203. The second-order valence-corrected chi connectivity index (χ2v) is 7.66. The summed E-state index contributed by atoms with van der Waals surface area (Å²) >= 11 is 1.09. The molecule has 0 aliphatic carbocycles. The van der Waals surface area contributed by atoms with Gasteiger partial charge >= 0.3 is 11.9 Å². The van der Waals surface area contributed by atoms with Gasteiger partial charge in [0.1, 0.15) is 4.83 Å². The van der Waals surface area contributed by atoms with E-state index in [1.807, 2.05) is 6.92 Å². The molecule has 6 nitrogen and oxygen atoms in total. The van der Waals surface area contributed by atoms with Crippen LogP contribution in [-0.2, 0) is 24.9 Å². The van der Waals surface area contributed by atoms with Crippen LogP contribution in [0.2, 0.25) is 0 Å². The maximum Gasteiger partial charge on any atom is 0.390 e. The van der Waals surface area contributed by atoms with Crippen LogP contribution in [0.4, 0.5) is 13.2 Å². The summed E-state index contributed by atoms with van der Waals surface area (Å²) in [5.41, 5.74) is -1.32. The van der Waals surface area contributed by atoms with Crippen LogP contribution in [0.1, 0.15) is 24.6 Å². The van der Waals surface area contributed by atoms with Crippen molar-refractivity contribution in [2.45, 2.75) is 39.0 Å². The molecule has 10 heteroatoms. The number of amides is 1. The minimum absolute atomic E-state index is 0.0184. The molecular weight excluding hydrogens is 371 g/mol. The van der Waals surface area contributed by atoms with Crippen molar-refractivity contribution in [3.05, 3.63) is 31.8 Å². The molecule has 1 saturated heterocycles. The van der Waals surface area contributed by atoms with Gasteiger partial charge in [0.15, 0.2) is 0 Å². The first kappa shape index (κ1) is 18.7. The van der Waals surface area contributed by atoms with Crippen molar-refractivity contribution < 1.29 is 18.0 Å². The third-order valence-corrected chi connectivity index (χ3v) is 5.74. The lowest BCUT2D eigenvalue weighted by Gasteiger charge is -2.14. The van der Waals surface area contributed by atoms with Gasteiger partial charge in [0.05, 0.1) is 18.4 Å². The Morgan fingerprint density at radius 1 is 1.27 bits per heavy atom. The second kappa shape index (κ2) is 6.57. The zero-order valence-corrected chi connectivity index (χ0v) is 15.1. The fourth-order valence-corrected chi connectivity index (χ4v) is 4.26. The minimum atomic E-state index is -4.40. The van der Waals surface area contributed by atoms with E-state index in [2.05, 4.69) is 0 Å². The fourth-order valence-electron chi connectivity index (χ4n) is 3.07. The van der Waals surface area contributed by atoms with Gasteiger partial charge in [0.2, 0.25) is 5.91 Å². The van der Waals surface area contributed by atoms with E-state index in [-0.39, 0.29) is 22.0 Å². The monoisotopic (exact) mass is 389 g/mol. The minimum Gasteiger partial charge on any atom is -0.337 e. The average molecular weight is 389 g/mol. The van der Waals surface area contributed by atoms with Gasteiger partial charge in [-0.05, 0) is 12.5 Å². The first-order valence-corrected chi connectivity index (χ1v) is 8.98. The molecular formula is C16H18F3N3O3S. The molecule has 26 heavy (non-hydrogen) atoms. The Bertz CT molecular complexity index is 973. The van der Waals surface area contributed by atoms with Crippen molar-refractivity contribution in [1.29, 1.82) is 0 Å². The molecule has 1 atom stereocenters. The first-order chi connectivity index (χ1) is 12.1. The number of aromatic nitrogens is 2. The van der Waals surface area contributed by atoms with E-state index >= 15 is 0 Å². The summed E-state index contributed by atoms with van der Waals surface area (Å²) in [5.74, 6) is -0.0352. The molecule has 3 rings (SSSR count). The van der Waals surface area contributed by atoms with Crippen LogP contribution in [0.5, 0.6) is 0 Å². The maximum atomic E-state index is 12.6. The molecule has 1 fully saturated rings. The van der Waals surface area contributed by atoms with E-state index in [0.29, 0.717) is 18.0 Å². The lowest BCUT2D eigenvalue weighted by Crippen LogP contribution is -2.38. The van der Waals surface area contributed by atoms with Gasteiger partial charge in [-0.25, -0.2) is 4.79 Å². The Morgan fingerprint density at radius 3 is 2.54 bits per heavy atom. The number of alkyl halides is 3. The quantitative estimate of drug-likeness (QED) is 0.804. The molecule has 0 saturated carbocycles. The van der Waals surface area contributed by atoms with Crippen molar-refractivity contribution in [3.63, 3.8) is 0 Å². The molecule has 1 aliphatic heterocycles. The number of fused-ring (bicyclic) bond motifs is 1. The van der Waals surface area contributed by atoms with E-state index in [0.717, 1.165) is 26.9 Å². The van der Waals surface area contributed by atoms with Crippen LogP contribution in [-0.4, -0.2) is 32.7 Å². The molecule has 0 bridgehead atoms. The van der Waals surface area contributed by atoms with Crippen molar-refractivity contribution in [2.24, 2.45) is 13.0 Å². The molecule has 0 spiro atoms. The third-order valence-electron chi connectivity index (χ3n) is 4.59. The number of hydrogen-bond donors (Lipinski definition) is 0. The molecule has 2 aromatic heterocycles. The summed E-state index contributed by atoms with van der Waals surface area (Å²) < 4.78 is 39.6. The summed E-state index contributed by atoms with van der Waals surface area (Å²) in [7, 11) is 1.25. The number of halogens is 3. The molecule has 2 aromatic rings. The predicted molar refractivity (Wildman–Crippen MR) is 91.2 cm³/mol. The Morgan fingerprint density at radius 2 is 1.96 bits per heavy atom. The number of likely N-dealkylation sites (tertiary alicyclic amines) is 1. The largest absolute Gasteiger partial charge is 0.390 e. The van der Waals surface area contributed by atoms with Crippen molar-refractivity contribution >= 4 is 27.5 Å². The summed E-state index contributed by atoms with van der Waals surface area (Å²) in [6.45, 7) is 2.19. The van der Waals surface area contributed by atoms with Gasteiger partial charge in [-0.1, -0.05) is 6.92 Å². The highest BCUT2D eigenvalue weighted by Crippen LogP contribution is 2.28. The number of carbonyl (C=O) groups is 1. The number of aryl methyl sites for hydroxylation is 1. The number of carbonyl (C=O) groups excluding carboxylic acids is 1. The van der Waals surface area contributed by atoms with Crippen LogP contribution < -0.4 is 11.2 Å². The second-order valence-electron chi connectivity index (χ2n) is 6.54. The van der Waals surface area contributed by atoms with E-state index < -0.39 is 30.4 Å².